The van der Waals surface area contributed by atoms with Crippen LogP contribution in [0.3, 0.4) is 0 Å². The normalized spacial score (nSPS) is 29.5. The van der Waals surface area contributed by atoms with Crippen molar-refractivity contribution in [1.29, 1.82) is 0 Å². The maximum atomic E-state index is 12.2. The van der Waals surface area contributed by atoms with Crippen molar-refractivity contribution in [2.24, 2.45) is 5.92 Å². The first kappa shape index (κ1) is 12.2. The summed E-state index contributed by atoms with van der Waals surface area (Å²) in [6.45, 7) is 4.26. The molecule has 0 aromatic carbocycles. The average molecular weight is 240 g/mol. The van der Waals surface area contributed by atoms with Crippen molar-refractivity contribution in [2.45, 2.75) is 38.6 Å². The van der Waals surface area contributed by atoms with Gasteiger partial charge in [-0.2, -0.15) is 0 Å². The largest absolute Gasteiger partial charge is 0.480 e. The summed E-state index contributed by atoms with van der Waals surface area (Å²) in [6, 6.07) is -0.693. The average Bonchev–Trinajstić information content (AvgIpc) is 2.77. The number of rotatable bonds is 1. The van der Waals surface area contributed by atoms with Crippen molar-refractivity contribution < 1.29 is 14.7 Å². The van der Waals surface area contributed by atoms with Crippen LogP contribution in [0.4, 0.5) is 4.79 Å². The number of likely N-dealkylation sites (tertiary alicyclic amines) is 2. The van der Waals surface area contributed by atoms with E-state index in [0.717, 1.165) is 32.4 Å². The molecule has 2 heterocycles. The van der Waals surface area contributed by atoms with Gasteiger partial charge in [0.2, 0.25) is 0 Å². The van der Waals surface area contributed by atoms with Crippen LogP contribution in [0.5, 0.6) is 0 Å². The van der Waals surface area contributed by atoms with Gasteiger partial charge in [-0.05, 0) is 31.6 Å². The van der Waals surface area contributed by atoms with Gasteiger partial charge in [0.15, 0.2) is 0 Å². The molecule has 2 unspecified atom stereocenters. The Morgan fingerprint density at radius 3 is 2.53 bits per heavy atom. The summed E-state index contributed by atoms with van der Waals surface area (Å²) in [5, 5.41) is 9.07. The molecule has 0 aromatic heterocycles. The molecule has 5 heteroatoms. The minimum absolute atomic E-state index is 0.0820. The van der Waals surface area contributed by atoms with E-state index in [0.29, 0.717) is 18.9 Å². The number of aliphatic carboxylic acids is 1. The molecule has 0 radical (unpaired) electrons. The van der Waals surface area contributed by atoms with Gasteiger partial charge in [-0.1, -0.05) is 6.92 Å². The number of carbonyl (C=O) groups is 2. The minimum atomic E-state index is -0.874. The second-order valence-electron chi connectivity index (χ2n) is 5.17. The lowest BCUT2D eigenvalue weighted by Crippen LogP contribution is -2.50. The van der Waals surface area contributed by atoms with E-state index in [4.69, 9.17) is 5.11 Å². The van der Waals surface area contributed by atoms with Crippen molar-refractivity contribution in [3.63, 3.8) is 0 Å². The Hall–Kier alpha value is -1.26. The number of hydrogen-bond donors (Lipinski definition) is 1. The summed E-state index contributed by atoms with van der Waals surface area (Å²) >= 11 is 0. The Bertz CT molecular complexity index is 319. The van der Waals surface area contributed by atoms with Gasteiger partial charge in [0.25, 0.3) is 0 Å². The molecule has 2 aliphatic heterocycles. The lowest BCUT2D eigenvalue weighted by atomic mass is 10.0. The first-order valence-electron chi connectivity index (χ1n) is 6.38. The third-order valence-corrected chi connectivity index (χ3v) is 3.71. The van der Waals surface area contributed by atoms with Crippen LogP contribution in [0, 0.1) is 5.92 Å². The number of piperidine rings is 1. The van der Waals surface area contributed by atoms with Crippen LogP contribution < -0.4 is 0 Å². The number of nitrogens with zero attached hydrogens (tertiary/aromatic N) is 2. The summed E-state index contributed by atoms with van der Waals surface area (Å²) < 4.78 is 0. The molecule has 5 nitrogen and oxygen atoms in total. The number of carboxylic acids is 1. The predicted molar refractivity (Wildman–Crippen MR) is 62.7 cm³/mol. The molecule has 96 valence electrons. The summed E-state index contributed by atoms with van der Waals surface area (Å²) in [5.74, 6) is -0.348. The molecule has 0 bridgehead atoms. The molecular formula is C12H20N2O3. The molecular weight excluding hydrogens is 220 g/mol. The molecule has 2 fully saturated rings. The van der Waals surface area contributed by atoms with E-state index in [1.54, 1.807) is 0 Å². The van der Waals surface area contributed by atoms with Gasteiger partial charge in [-0.15, -0.1) is 0 Å². The number of carboxylic acid groups (broad SMARTS) is 1. The number of hydrogen-bond acceptors (Lipinski definition) is 2. The Morgan fingerprint density at radius 1 is 1.18 bits per heavy atom. The SMILES string of the molecule is CC1CCCN(C(=O)N2CCCC2C(=O)O)C1. The summed E-state index contributed by atoms with van der Waals surface area (Å²) in [5.41, 5.74) is 0. The van der Waals surface area contributed by atoms with Crippen LogP contribution in [0.25, 0.3) is 0 Å². The zero-order valence-electron chi connectivity index (χ0n) is 10.3. The third kappa shape index (κ3) is 2.53. The summed E-state index contributed by atoms with van der Waals surface area (Å²) in [6.07, 6.45) is 3.57. The smallest absolute Gasteiger partial charge is 0.326 e. The van der Waals surface area contributed by atoms with Crippen LogP contribution >= 0.6 is 0 Å². The fraction of sp³-hybridized carbons (Fsp3) is 0.833. The molecule has 0 aliphatic carbocycles. The van der Waals surface area contributed by atoms with Gasteiger partial charge in [-0.3, -0.25) is 0 Å². The highest BCUT2D eigenvalue weighted by atomic mass is 16.4. The van der Waals surface area contributed by atoms with Gasteiger partial charge in [0.05, 0.1) is 0 Å². The Balaban J connectivity index is 2.01. The van der Waals surface area contributed by atoms with E-state index >= 15 is 0 Å². The molecule has 2 saturated heterocycles. The number of amides is 2. The standard InChI is InChI=1S/C12H20N2O3/c1-9-4-2-6-13(8-9)12(17)14-7-3-5-10(14)11(15)16/h9-10H,2-8H2,1H3,(H,15,16). The van der Waals surface area contributed by atoms with Gasteiger partial charge in [-0.25, -0.2) is 9.59 Å². The predicted octanol–water partition coefficient (Wildman–Crippen LogP) is 1.39. The maximum absolute atomic E-state index is 12.2. The topological polar surface area (TPSA) is 60.9 Å². The lowest BCUT2D eigenvalue weighted by Gasteiger charge is -2.35. The Morgan fingerprint density at radius 2 is 1.88 bits per heavy atom. The zero-order chi connectivity index (χ0) is 12.4. The highest BCUT2D eigenvalue weighted by molar-refractivity contribution is 5.83. The molecule has 2 aliphatic rings. The van der Waals surface area contributed by atoms with Gasteiger partial charge < -0.3 is 14.9 Å². The first-order valence-corrected chi connectivity index (χ1v) is 6.38. The van der Waals surface area contributed by atoms with Crippen LogP contribution in [-0.4, -0.2) is 52.6 Å². The van der Waals surface area contributed by atoms with Crippen molar-refractivity contribution in [3.8, 4) is 0 Å². The molecule has 17 heavy (non-hydrogen) atoms. The fourth-order valence-corrected chi connectivity index (χ4v) is 2.80. The highest BCUT2D eigenvalue weighted by Gasteiger charge is 2.36. The van der Waals surface area contributed by atoms with Crippen molar-refractivity contribution >= 4 is 12.0 Å². The summed E-state index contributed by atoms with van der Waals surface area (Å²) in [7, 11) is 0. The Kier molecular flexibility index (Phi) is 3.54. The molecule has 2 amide bonds. The third-order valence-electron chi connectivity index (χ3n) is 3.71. The van der Waals surface area contributed by atoms with E-state index in [2.05, 4.69) is 6.92 Å². The molecule has 0 spiro atoms. The lowest BCUT2D eigenvalue weighted by molar-refractivity contribution is -0.141. The molecule has 0 saturated carbocycles. The zero-order valence-corrected chi connectivity index (χ0v) is 10.3. The fourth-order valence-electron chi connectivity index (χ4n) is 2.80. The van der Waals surface area contributed by atoms with Crippen molar-refractivity contribution in [2.75, 3.05) is 19.6 Å². The Labute approximate surface area is 101 Å². The van der Waals surface area contributed by atoms with Gasteiger partial charge >= 0.3 is 12.0 Å². The van der Waals surface area contributed by atoms with E-state index < -0.39 is 12.0 Å². The minimum Gasteiger partial charge on any atom is -0.480 e. The van der Waals surface area contributed by atoms with Crippen molar-refractivity contribution in [3.05, 3.63) is 0 Å². The van der Waals surface area contributed by atoms with E-state index in [1.165, 1.54) is 4.90 Å². The molecule has 1 N–H and O–H groups in total. The van der Waals surface area contributed by atoms with Crippen LogP contribution in [0.2, 0.25) is 0 Å². The number of urea groups is 1. The maximum Gasteiger partial charge on any atom is 0.326 e. The first-order chi connectivity index (χ1) is 8.09. The van der Waals surface area contributed by atoms with Gasteiger partial charge in [0.1, 0.15) is 6.04 Å². The quantitative estimate of drug-likeness (QED) is 0.753. The van der Waals surface area contributed by atoms with Crippen LogP contribution in [-0.2, 0) is 4.79 Å². The second-order valence-corrected chi connectivity index (χ2v) is 5.17. The number of carbonyl (C=O) groups excluding carboxylic acids is 1. The monoisotopic (exact) mass is 240 g/mol. The van der Waals surface area contributed by atoms with Crippen molar-refractivity contribution in [1.82, 2.24) is 9.80 Å². The molecule has 2 atom stereocenters. The van der Waals surface area contributed by atoms with Gasteiger partial charge in [0, 0.05) is 19.6 Å². The summed E-state index contributed by atoms with van der Waals surface area (Å²) in [4.78, 5) is 26.6. The highest BCUT2D eigenvalue weighted by Crippen LogP contribution is 2.22. The molecule has 0 aromatic rings. The molecule has 2 rings (SSSR count). The van der Waals surface area contributed by atoms with Crippen LogP contribution in [0.1, 0.15) is 32.6 Å². The van der Waals surface area contributed by atoms with E-state index in [1.807, 2.05) is 4.90 Å². The van der Waals surface area contributed by atoms with E-state index in [-0.39, 0.29) is 6.03 Å². The van der Waals surface area contributed by atoms with E-state index in [9.17, 15) is 9.59 Å². The second kappa shape index (κ2) is 4.94. The van der Waals surface area contributed by atoms with Crippen LogP contribution in [0.15, 0.2) is 0 Å².